The van der Waals surface area contributed by atoms with Gasteiger partial charge in [-0.1, -0.05) is 0 Å². The lowest BCUT2D eigenvalue weighted by Gasteiger charge is -2.27. The van der Waals surface area contributed by atoms with Gasteiger partial charge in [0, 0.05) is 19.6 Å². The monoisotopic (exact) mass is 198 g/mol. The van der Waals surface area contributed by atoms with Gasteiger partial charge in [0.05, 0.1) is 0 Å². The van der Waals surface area contributed by atoms with Crippen LogP contribution in [0.3, 0.4) is 0 Å². The van der Waals surface area contributed by atoms with Crippen molar-refractivity contribution < 1.29 is 0 Å². The average Bonchev–Trinajstić information content (AvgIpc) is 2.25. The van der Waals surface area contributed by atoms with E-state index in [1.54, 1.807) is 0 Å². The Hall–Kier alpha value is -0.770. The molecule has 1 fully saturated rings. The van der Waals surface area contributed by atoms with Crippen LogP contribution in [0.25, 0.3) is 0 Å². The Morgan fingerprint density at radius 2 is 1.86 bits per heavy atom. The van der Waals surface area contributed by atoms with Crippen LogP contribution in [0.15, 0.2) is 4.99 Å². The van der Waals surface area contributed by atoms with Gasteiger partial charge in [0.15, 0.2) is 5.96 Å². The Kier molecular flexibility index (Phi) is 5.37. The molecule has 0 aromatic rings. The first-order chi connectivity index (χ1) is 6.84. The van der Waals surface area contributed by atoms with E-state index in [4.69, 9.17) is 11.5 Å². The van der Waals surface area contributed by atoms with Gasteiger partial charge in [-0.25, -0.2) is 0 Å². The standard InChI is InChI=1S/C10H22N4/c11-6-2-3-7-13-10(12)14-8-4-1-5-9-14/h1-9,11H2,(H2,12,13). The molecule has 1 aliphatic rings. The molecule has 0 unspecified atom stereocenters. The van der Waals surface area contributed by atoms with Gasteiger partial charge in [0.2, 0.25) is 0 Å². The summed E-state index contributed by atoms with van der Waals surface area (Å²) >= 11 is 0. The van der Waals surface area contributed by atoms with Crippen molar-refractivity contribution in [2.45, 2.75) is 32.1 Å². The third kappa shape index (κ3) is 3.96. The number of nitrogens with two attached hydrogens (primary N) is 2. The highest BCUT2D eigenvalue weighted by atomic mass is 15.2. The number of hydrogen-bond donors (Lipinski definition) is 2. The summed E-state index contributed by atoms with van der Waals surface area (Å²) in [6, 6.07) is 0. The lowest BCUT2D eigenvalue weighted by molar-refractivity contribution is 0.338. The zero-order chi connectivity index (χ0) is 10.2. The first-order valence-corrected chi connectivity index (χ1v) is 5.59. The van der Waals surface area contributed by atoms with Crippen molar-refractivity contribution in [1.82, 2.24) is 4.90 Å². The fourth-order valence-electron chi connectivity index (χ4n) is 1.67. The first-order valence-electron chi connectivity index (χ1n) is 5.59. The number of aliphatic imine (C=N–C) groups is 1. The maximum Gasteiger partial charge on any atom is 0.191 e. The molecule has 1 rings (SSSR count). The van der Waals surface area contributed by atoms with E-state index < -0.39 is 0 Å². The molecule has 14 heavy (non-hydrogen) atoms. The summed E-state index contributed by atoms with van der Waals surface area (Å²) in [4.78, 5) is 6.54. The van der Waals surface area contributed by atoms with E-state index in [0.717, 1.165) is 45.0 Å². The van der Waals surface area contributed by atoms with E-state index in [-0.39, 0.29) is 0 Å². The maximum absolute atomic E-state index is 5.88. The molecular weight excluding hydrogens is 176 g/mol. The lowest BCUT2D eigenvalue weighted by atomic mass is 10.1. The van der Waals surface area contributed by atoms with Crippen molar-refractivity contribution in [2.24, 2.45) is 16.5 Å². The maximum atomic E-state index is 5.88. The van der Waals surface area contributed by atoms with Crippen molar-refractivity contribution in [1.29, 1.82) is 0 Å². The third-order valence-electron chi connectivity index (χ3n) is 2.57. The molecule has 1 aliphatic heterocycles. The summed E-state index contributed by atoms with van der Waals surface area (Å²) in [5.41, 5.74) is 11.3. The van der Waals surface area contributed by atoms with Crippen LogP contribution in [0.4, 0.5) is 0 Å². The van der Waals surface area contributed by atoms with E-state index >= 15 is 0 Å². The fraction of sp³-hybridized carbons (Fsp3) is 0.900. The molecule has 1 heterocycles. The van der Waals surface area contributed by atoms with E-state index in [1.165, 1.54) is 19.3 Å². The zero-order valence-corrected chi connectivity index (χ0v) is 8.91. The Morgan fingerprint density at radius 3 is 2.50 bits per heavy atom. The number of unbranched alkanes of at least 4 members (excludes halogenated alkanes) is 1. The van der Waals surface area contributed by atoms with Gasteiger partial charge in [-0.3, -0.25) is 4.99 Å². The number of rotatable bonds is 4. The van der Waals surface area contributed by atoms with Gasteiger partial charge in [-0.15, -0.1) is 0 Å². The minimum absolute atomic E-state index is 0.724. The Morgan fingerprint density at radius 1 is 1.14 bits per heavy atom. The number of hydrogen-bond acceptors (Lipinski definition) is 2. The Labute approximate surface area is 86.4 Å². The first kappa shape index (κ1) is 11.3. The molecule has 1 saturated heterocycles. The van der Waals surface area contributed by atoms with Crippen LogP contribution in [0.1, 0.15) is 32.1 Å². The molecule has 0 atom stereocenters. The van der Waals surface area contributed by atoms with Gasteiger partial charge < -0.3 is 16.4 Å². The molecule has 0 aromatic heterocycles. The molecule has 0 bridgehead atoms. The topological polar surface area (TPSA) is 67.6 Å². The van der Waals surface area contributed by atoms with Crippen LogP contribution >= 0.6 is 0 Å². The van der Waals surface area contributed by atoms with E-state index in [2.05, 4.69) is 9.89 Å². The van der Waals surface area contributed by atoms with E-state index in [0.29, 0.717) is 0 Å². The number of guanidine groups is 1. The van der Waals surface area contributed by atoms with Crippen molar-refractivity contribution in [3.63, 3.8) is 0 Å². The van der Waals surface area contributed by atoms with Crippen molar-refractivity contribution in [2.75, 3.05) is 26.2 Å². The highest BCUT2D eigenvalue weighted by Gasteiger charge is 2.11. The van der Waals surface area contributed by atoms with Gasteiger partial charge in [-0.2, -0.15) is 0 Å². The van der Waals surface area contributed by atoms with Gasteiger partial charge in [0.25, 0.3) is 0 Å². The SMILES string of the molecule is NCCCCN=C(N)N1CCCCC1. The average molecular weight is 198 g/mol. The van der Waals surface area contributed by atoms with Crippen LogP contribution in [-0.4, -0.2) is 37.0 Å². The highest BCUT2D eigenvalue weighted by molar-refractivity contribution is 5.78. The second kappa shape index (κ2) is 6.65. The molecule has 0 saturated carbocycles. The Balaban J connectivity index is 2.20. The lowest BCUT2D eigenvalue weighted by Crippen LogP contribution is -2.40. The molecule has 0 amide bonds. The van der Waals surface area contributed by atoms with Crippen molar-refractivity contribution >= 4 is 5.96 Å². The number of likely N-dealkylation sites (tertiary alicyclic amines) is 1. The predicted molar refractivity (Wildman–Crippen MR) is 60.2 cm³/mol. The molecule has 0 radical (unpaired) electrons. The minimum Gasteiger partial charge on any atom is -0.370 e. The fourth-order valence-corrected chi connectivity index (χ4v) is 1.67. The summed E-state index contributed by atoms with van der Waals surface area (Å²) in [6.07, 6.45) is 5.91. The normalized spacial score (nSPS) is 18.6. The van der Waals surface area contributed by atoms with E-state index in [9.17, 15) is 0 Å². The summed E-state index contributed by atoms with van der Waals surface area (Å²) in [5.74, 6) is 0.724. The smallest absolute Gasteiger partial charge is 0.191 e. The molecular formula is C10H22N4. The molecule has 4 N–H and O–H groups in total. The Bertz CT molecular complexity index is 173. The van der Waals surface area contributed by atoms with Gasteiger partial charge in [-0.05, 0) is 38.6 Å². The van der Waals surface area contributed by atoms with Gasteiger partial charge in [0.1, 0.15) is 0 Å². The quantitative estimate of drug-likeness (QED) is 0.393. The molecule has 4 heteroatoms. The second-order valence-electron chi connectivity index (χ2n) is 3.78. The molecule has 0 aliphatic carbocycles. The number of nitrogens with zero attached hydrogens (tertiary/aromatic N) is 2. The van der Waals surface area contributed by atoms with Crippen LogP contribution in [0, 0.1) is 0 Å². The second-order valence-corrected chi connectivity index (χ2v) is 3.78. The summed E-state index contributed by atoms with van der Waals surface area (Å²) in [7, 11) is 0. The van der Waals surface area contributed by atoms with E-state index in [1.807, 2.05) is 0 Å². The predicted octanol–water partition coefficient (Wildman–Crippen LogP) is 0.526. The third-order valence-corrected chi connectivity index (χ3v) is 2.57. The van der Waals surface area contributed by atoms with Crippen LogP contribution in [0.5, 0.6) is 0 Å². The highest BCUT2D eigenvalue weighted by Crippen LogP contribution is 2.07. The number of piperidine rings is 1. The summed E-state index contributed by atoms with van der Waals surface area (Å²) in [6.45, 7) is 3.72. The van der Waals surface area contributed by atoms with Crippen LogP contribution in [-0.2, 0) is 0 Å². The minimum atomic E-state index is 0.724. The molecule has 0 aromatic carbocycles. The molecule has 82 valence electrons. The van der Waals surface area contributed by atoms with Crippen molar-refractivity contribution in [3.8, 4) is 0 Å². The largest absolute Gasteiger partial charge is 0.370 e. The molecule has 0 spiro atoms. The summed E-state index contributed by atoms with van der Waals surface area (Å²) in [5, 5.41) is 0. The van der Waals surface area contributed by atoms with Crippen LogP contribution < -0.4 is 11.5 Å². The van der Waals surface area contributed by atoms with Crippen LogP contribution in [0.2, 0.25) is 0 Å². The van der Waals surface area contributed by atoms with Crippen molar-refractivity contribution in [3.05, 3.63) is 0 Å². The summed E-state index contributed by atoms with van der Waals surface area (Å²) < 4.78 is 0. The molecule has 4 nitrogen and oxygen atoms in total. The zero-order valence-electron chi connectivity index (χ0n) is 8.91. The van der Waals surface area contributed by atoms with Gasteiger partial charge >= 0.3 is 0 Å².